The Kier molecular flexibility index (Phi) is 7.44. The second-order valence-electron chi connectivity index (χ2n) is 8.84. The van der Waals surface area contributed by atoms with Crippen LogP contribution in [0, 0.1) is 5.92 Å². The van der Waals surface area contributed by atoms with Gasteiger partial charge in [0, 0.05) is 42.1 Å². The van der Waals surface area contributed by atoms with Crippen molar-refractivity contribution in [1.29, 1.82) is 0 Å². The average Bonchev–Trinajstić information content (AvgIpc) is 2.77. The van der Waals surface area contributed by atoms with Gasteiger partial charge >= 0.3 is 0 Å². The average molecular weight is 498 g/mol. The number of hydrogen-bond acceptors (Lipinski definition) is 7. The summed E-state index contributed by atoms with van der Waals surface area (Å²) in [4.78, 5) is 8.77. The number of aromatic nitrogens is 2. The molecule has 1 saturated carbocycles. The molecule has 1 aliphatic heterocycles. The summed E-state index contributed by atoms with van der Waals surface area (Å²) in [5, 5.41) is 7.76. The molecule has 10 heteroatoms. The number of nitrogens with one attached hydrogen (secondary N) is 2. The van der Waals surface area contributed by atoms with Crippen molar-refractivity contribution in [2.75, 3.05) is 28.7 Å². The fourth-order valence-corrected chi connectivity index (χ4v) is 6.30. The summed E-state index contributed by atoms with van der Waals surface area (Å²) in [7, 11) is -2.87. The van der Waals surface area contributed by atoms with Crippen LogP contribution >= 0.6 is 23.2 Å². The van der Waals surface area contributed by atoms with E-state index in [9.17, 15) is 8.42 Å². The quantitative estimate of drug-likeness (QED) is 0.508. The molecular formula is C22H29Cl2N5O2S. The van der Waals surface area contributed by atoms with Gasteiger partial charge in [-0.3, -0.25) is 0 Å². The summed E-state index contributed by atoms with van der Waals surface area (Å²) in [6.07, 6.45) is 8.76. The predicted octanol–water partition coefficient (Wildman–Crippen LogP) is 4.37. The lowest BCUT2D eigenvalue weighted by Crippen LogP contribution is -2.33. The highest BCUT2D eigenvalue weighted by molar-refractivity contribution is 7.91. The third-order valence-electron chi connectivity index (χ3n) is 6.38. The van der Waals surface area contributed by atoms with Gasteiger partial charge in [-0.15, -0.1) is 0 Å². The zero-order valence-electron chi connectivity index (χ0n) is 17.9. The van der Waals surface area contributed by atoms with Crippen molar-refractivity contribution in [3.8, 4) is 11.1 Å². The van der Waals surface area contributed by atoms with Crippen LogP contribution in [0.4, 0.5) is 11.5 Å². The number of hydrogen-bond donors (Lipinski definition) is 3. The molecule has 0 unspecified atom stereocenters. The molecule has 0 bridgehead atoms. The van der Waals surface area contributed by atoms with Gasteiger partial charge in [-0.2, -0.15) is 0 Å². The first kappa shape index (κ1) is 23.5. The monoisotopic (exact) mass is 497 g/mol. The van der Waals surface area contributed by atoms with Crippen LogP contribution in [0.5, 0.6) is 0 Å². The van der Waals surface area contributed by atoms with E-state index < -0.39 is 9.84 Å². The van der Waals surface area contributed by atoms with Gasteiger partial charge in [0.05, 0.1) is 22.2 Å². The van der Waals surface area contributed by atoms with Gasteiger partial charge in [-0.05, 0) is 56.6 Å². The zero-order valence-corrected chi connectivity index (χ0v) is 20.2. The van der Waals surface area contributed by atoms with Crippen LogP contribution in [0.1, 0.15) is 38.5 Å². The van der Waals surface area contributed by atoms with Crippen molar-refractivity contribution in [2.45, 2.75) is 50.6 Å². The predicted molar refractivity (Wildman–Crippen MR) is 131 cm³/mol. The SMILES string of the molecule is N[C@H]1CC[C@H](Nc2cc(-c3cnc(Cl)c(NCC4CCS(=O)(=O)CC4)c3)c(Cl)cn2)CC1. The van der Waals surface area contributed by atoms with Crippen molar-refractivity contribution >= 4 is 44.5 Å². The number of rotatable bonds is 6. The van der Waals surface area contributed by atoms with Crippen LogP contribution in [0.2, 0.25) is 10.2 Å². The number of nitrogens with zero attached hydrogens (tertiary/aromatic N) is 2. The van der Waals surface area contributed by atoms with Gasteiger partial charge in [0.25, 0.3) is 0 Å². The highest BCUT2D eigenvalue weighted by atomic mass is 35.5. The highest BCUT2D eigenvalue weighted by Gasteiger charge is 2.24. The Hall–Kier alpha value is -1.61. The topological polar surface area (TPSA) is 110 Å². The Morgan fingerprint density at radius 1 is 1.00 bits per heavy atom. The number of anilines is 2. The Bertz CT molecular complexity index is 1040. The first-order valence-corrected chi connectivity index (χ1v) is 13.6. The summed E-state index contributed by atoms with van der Waals surface area (Å²) < 4.78 is 23.3. The van der Waals surface area contributed by atoms with Crippen molar-refractivity contribution in [3.63, 3.8) is 0 Å². The van der Waals surface area contributed by atoms with Crippen molar-refractivity contribution in [3.05, 3.63) is 34.7 Å². The van der Waals surface area contributed by atoms with Gasteiger partial charge in [-0.1, -0.05) is 23.2 Å². The van der Waals surface area contributed by atoms with Crippen LogP contribution in [0.3, 0.4) is 0 Å². The van der Waals surface area contributed by atoms with Crippen LogP contribution in [-0.4, -0.2) is 48.5 Å². The van der Waals surface area contributed by atoms with Gasteiger partial charge in [0.2, 0.25) is 0 Å². The molecule has 0 aromatic carbocycles. The van der Waals surface area contributed by atoms with Gasteiger partial charge in [-0.25, -0.2) is 18.4 Å². The van der Waals surface area contributed by atoms with E-state index in [1.54, 1.807) is 12.4 Å². The molecule has 0 amide bonds. The lowest BCUT2D eigenvalue weighted by atomic mass is 9.92. The second-order valence-corrected chi connectivity index (χ2v) is 11.9. The molecule has 174 valence electrons. The highest BCUT2D eigenvalue weighted by Crippen LogP contribution is 2.33. The summed E-state index contributed by atoms with van der Waals surface area (Å²) in [5.74, 6) is 1.57. The maximum atomic E-state index is 11.6. The smallest absolute Gasteiger partial charge is 0.152 e. The van der Waals surface area contributed by atoms with Crippen LogP contribution in [0.15, 0.2) is 24.5 Å². The summed E-state index contributed by atoms with van der Waals surface area (Å²) >= 11 is 12.8. The van der Waals surface area contributed by atoms with Crippen molar-refractivity contribution in [1.82, 2.24) is 9.97 Å². The summed E-state index contributed by atoms with van der Waals surface area (Å²) in [5.41, 5.74) is 8.38. The number of pyridine rings is 2. The molecule has 4 rings (SSSR count). The first-order chi connectivity index (χ1) is 15.3. The Morgan fingerprint density at radius 2 is 1.72 bits per heavy atom. The van der Waals surface area contributed by atoms with E-state index in [0.29, 0.717) is 53.3 Å². The van der Waals surface area contributed by atoms with E-state index in [0.717, 1.165) is 42.6 Å². The third kappa shape index (κ3) is 6.04. The van der Waals surface area contributed by atoms with E-state index in [4.69, 9.17) is 28.9 Å². The maximum Gasteiger partial charge on any atom is 0.152 e. The Morgan fingerprint density at radius 3 is 2.44 bits per heavy atom. The molecule has 3 heterocycles. The standard InChI is InChI=1S/C22H29Cl2N5O2S/c23-19-13-27-21(29-17-3-1-16(25)2-4-17)10-18(19)15-9-20(22(24)28-12-15)26-11-14-5-7-32(30,31)8-6-14/h9-10,12-14,16-17,26H,1-8,11,25H2,(H,27,29)/t16-,17-. The minimum absolute atomic E-state index is 0.251. The minimum atomic E-state index is -2.87. The fraction of sp³-hybridized carbons (Fsp3) is 0.545. The van der Waals surface area contributed by atoms with E-state index in [-0.39, 0.29) is 11.5 Å². The number of nitrogens with two attached hydrogens (primary N) is 1. The molecule has 0 radical (unpaired) electrons. The molecule has 2 aliphatic rings. The molecule has 32 heavy (non-hydrogen) atoms. The molecule has 1 saturated heterocycles. The third-order valence-corrected chi connectivity index (χ3v) is 8.70. The Labute approximate surface area is 199 Å². The van der Waals surface area contributed by atoms with Crippen molar-refractivity contribution in [2.24, 2.45) is 11.7 Å². The summed E-state index contributed by atoms with van der Waals surface area (Å²) in [6.45, 7) is 0.654. The van der Waals surface area contributed by atoms with Crippen LogP contribution in [-0.2, 0) is 9.84 Å². The Balaban J connectivity index is 1.46. The van der Waals surface area contributed by atoms with Gasteiger partial charge < -0.3 is 16.4 Å². The van der Waals surface area contributed by atoms with Gasteiger partial charge in [0.1, 0.15) is 15.7 Å². The normalized spacial score (nSPS) is 23.6. The van der Waals surface area contributed by atoms with Crippen LogP contribution in [0.25, 0.3) is 11.1 Å². The molecule has 0 atom stereocenters. The number of halogens is 2. The molecule has 4 N–H and O–H groups in total. The molecule has 0 spiro atoms. The summed E-state index contributed by atoms with van der Waals surface area (Å²) in [6, 6.07) is 4.53. The lowest BCUT2D eigenvalue weighted by Gasteiger charge is -2.27. The molecule has 2 aromatic rings. The number of sulfone groups is 1. The molecule has 2 aromatic heterocycles. The van der Waals surface area contributed by atoms with E-state index in [1.165, 1.54) is 0 Å². The van der Waals surface area contributed by atoms with E-state index in [1.807, 2.05) is 12.1 Å². The second kappa shape index (κ2) is 10.1. The first-order valence-electron chi connectivity index (χ1n) is 11.1. The molecular weight excluding hydrogens is 469 g/mol. The van der Waals surface area contributed by atoms with Crippen LogP contribution < -0.4 is 16.4 Å². The van der Waals surface area contributed by atoms with Crippen molar-refractivity contribution < 1.29 is 8.42 Å². The van der Waals surface area contributed by atoms with E-state index in [2.05, 4.69) is 20.6 Å². The molecule has 7 nitrogen and oxygen atoms in total. The fourth-order valence-electron chi connectivity index (χ4n) is 4.33. The minimum Gasteiger partial charge on any atom is -0.382 e. The lowest BCUT2D eigenvalue weighted by molar-refractivity contribution is 0.410. The molecule has 2 fully saturated rings. The largest absolute Gasteiger partial charge is 0.382 e. The zero-order chi connectivity index (χ0) is 22.7. The van der Waals surface area contributed by atoms with E-state index >= 15 is 0 Å². The maximum absolute atomic E-state index is 11.6. The van der Waals surface area contributed by atoms with Gasteiger partial charge in [0.15, 0.2) is 5.15 Å². The molecule has 1 aliphatic carbocycles.